The number of aromatic nitrogens is 2. The fourth-order valence-electron chi connectivity index (χ4n) is 7.03. The van der Waals surface area contributed by atoms with Gasteiger partial charge in [-0.3, -0.25) is 4.79 Å². The van der Waals surface area contributed by atoms with E-state index in [9.17, 15) is 9.90 Å². The Morgan fingerprint density at radius 1 is 1.10 bits per heavy atom. The summed E-state index contributed by atoms with van der Waals surface area (Å²) in [5.74, 6) is 2.74. The Bertz CT molecular complexity index is 1240. The number of aliphatic hydroxyl groups is 1. The molecule has 6 rings (SSSR count). The third-order valence-corrected chi connectivity index (χ3v) is 9.60. The van der Waals surface area contributed by atoms with Crippen LogP contribution >= 0.6 is 11.6 Å². The van der Waals surface area contributed by atoms with Crippen molar-refractivity contribution in [2.45, 2.75) is 75.7 Å². The van der Waals surface area contributed by atoms with Gasteiger partial charge in [0.1, 0.15) is 11.8 Å². The van der Waals surface area contributed by atoms with Gasteiger partial charge in [-0.05, 0) is 87.5 Å². The normalized spacial score (nSPS) is 28.8. The highest BCUT2D eigenvalue weighted by Crippen LogP contribution is 2.44. The van der Waals surface area contributed by atoms with Gasteiger partial charge >= 0.3 is 0 Å². The number of benzene rings is 1. The van der Waals surface area contributed by atoms with Crippen LogP contribution in [0.5, 0.6) is 5.75 Å². The Morgan fingerprint density at radius 2 is 1.90 bits per heavy atom. The fourth-order valence-corrected chi connectivity index (χ4v) is 7.25. The summed E-state index contributed by atoms with van der Waals surface area (Å²) in [6.45, 7) is 4.17. The lowest BCUT2D eigenvalue weighted by Crippen LogP contribution is -2.43. The zero-order valence-corrected chi connectivity index (χ0v) is 23.5. The van der Waals surface area contributed by atoms with Gasteiger partial charge in [0, 0.05) is 44.3 Å². The summed E-state index contributed by atoms with van der Waals surface area (Å²) in [6, 6.07) is 11.5. The summed E-state index contributed by atoms with van der Waals surface area (Å²) in [7, 11) is 0. The average Bonchev–Trinajstić information content (AvgIpc) is 3.56. The van der Waals surface area contributed by atoms with E-state index in [0.29, 0.717) is 34.0 Å². The number of halogens is 1. The number of hydrogen-bond acceptors (Lipinski definition) is 8. The summed E-state index contributed by atoms with van der Waals surface area (Å²) in [4.78, 5) is 17.8. The average molecular weight is 565 g/mol. The number of anilines is 1. The molecule has 2 aliphatic heterocycles. The number of carbonyl (C=O) groups excluding carboxylic acids is 1. The molecule has 1 aromatic heterocycles. The number of likely N-dealkylation sites (tertiary alicyclic amines) is 1. The number of nitriles is 1. The van der Waals surface area contributed by atoms with Crippen LogP contribution < -0.4 is 15.0 Å². The molecule has 2 saturated carbocycles. The van der Waals surface area contributed by atoms with Crippen LogP contribution in [0.25, 0.3) is 0 Å². The lowest BCUT2D eigenvalue weighted by Gasteiger charge is -2.36. The molecule has 1 amide bonds. The molecule has 2 aliphatic carbocycles. The van der Waals surface area contributed by atoms with Crippen LogP contribution in [0.4, 0.5) is 5.82 Å². The number of piperidine rings is 2. The van der Waals surface area contributed by atoms with Crippen LogP contribution in [0, 0.1) is 23.2 Å². The first-order valence-electron chi connectivity index (χ1n) is 14.6. The van der Waals surface area contributed by atoms with Gasteiger partial charge in [0.15, 0.2) is 11.5 Å². The van der Waals surface area contributed by atoms with E-state index in [4.69, 9.17) is 21.6 Å². The minimum absolute atomic E-state index is 0.0550. The van der Waals surface area contributed by atoms with Crippen molar-refractivity contribution in [3.05, 3.63) is 46.6 Å². The van der Waals surface area contributed by atoms with Gasteiger partial charge in [0.05, 0.1) is 22.8 Å². The maximum Gasteiger partial charge on any atom is 0.272 e. The lowest BCUT2D eigenvalue weighted by atomic mass is 9.92. The van der Waals surface area contributed by atoms with Gasteiger partial charge in [0.25, 0.3) is 5.91 Å². The van der Waals surface area contributed by atoms with Gasteiger partial charge in [-0.15, -0.1) is 10.2 Å². The summed E-state index contributed by atoms with van der Waals surface area (Å²) < 4.78 is 6.06. The second kappa shape index (κ2) is 11.9. The summed E-state index contributed by atoms with van der Waals surface area (Å²) >= 11 is 6.12. The second-order valence-corrected chi connectivity index (χ2v) is 12.3. The van der Waals surface area contributed by atoms with Crippen molar-refractivity contribution in [2.75, 3.05) is 31.1 Å². The summed E-state index contributed by atoms with van der Waals surface area (Å²) in [5.41, 5.74) is 0.785. The molecule has 4 aliphatic rings. The number of nitrogens with one attached hydrogen (secondary N) is 1. The highest BCUT2D eigenvalue weighted by molar-refractivity contribution is 6.31. The van der Waals surface area contributed by atoms with E-state index >= 15 is 0 Å². The molecule has 10 heteroatoms. The molecule has 212 valence electrons. The molecule has 0 spiro atoms. The number of ether oxygens (including phenoxy) is 1. The Morgan fingerprint density at radius 3 is 2.55 bits per heavy atom. The van der Waals surface area contributed by atoms with Crippen LogP contribution in [-0.2, 0) is 0 Å². The van der Waals surface area contributed by atoms with Crippen molar-refractivity contribution < 1.29 is 14.6 Å². The first-order valence-corrected chi connectivity index (χ1v) is 15.0. The highest BCUT2D eigenvalue weighted by atomic mass is 35.5. The van der Waals surface area contributed by atoms with Gasteiger partial charge < -0.3 is 25.0 Å². The first-order chi connectivity index (χ1) is 19.4. The van der Waals surface area contributed by atoms with Crippen molar-refractivity contribution in [2.24, 2.45) is 11.8 Å². The predicted molar refractivity (Wildman–Crippen MR) is 151 cm³/mol. The van der Waals surface area contributed by atoms with E-state index in [-0.39, 0.29) is 24.2 Å². The van der Waals surface area contributed by atoms with Crippen molar-refractivity contribution >= 4 is 23.3 Å². The van der Waals surface area contributed by atoms with Gasteiger partial charge in [-0.25, -0.2) is 0 Å². The van der Waals surface area contributed by atoms with E-state index in [0.717, 1.165) is 76.4 Å². The molecule has 1 aromatic carbocycles. The number of aliphatic hydroxyl groups excluding tert-OH is 1. The smallest absolute Gasteiger partial charge is 0.272 e. The molecule has 40 heavy (non-hydrogen) atoms. The first kappa shape index (κ1) is 27.3. The molecule has 3 unspecified atom stereocenters. The van der Waals surface area contributed by atoms with Crippen LogP contribution in [0.1, 0.15) is 67.4 Å². The molecule has 0 radical (unpaired) electrons. The van der Waals surface area contributed by atoms with E-state index in [2.05, 4.69) is 31.4 Å². The minimum Gasteiger partial charge on any atom is -0.490 e. The summed E-state index contributed by atoms with van der Waals surface area (Å²) in [5, 5.41) is 31.1. The number of nitrogens with zero attached hydrogens (tertiary/aromatic N) is 5. The lowest BCUT2D eigenvalue weighted by molar-refractivity contribution is 0.0704. The third kappa shape index (κ3) is 6.04. The van der Waals surface area contributed by atoms with Crippen molar-refractivity contribution in [1.29, 1.82) is 5.26 Å². The monoisotopic (exact) mass is 564 g/mol. The summed E-state index contributed by atoms with van der Waals surface area (Å²) in [6.07, 6.45) is 7.40. The minimum atomic E-state index is -0.183. The van der Waals surface area contributed by atoms with Crippen LogP contribution in [-0.4, -0.2) is 76.6 Å². The van der Waals surface area contributed by atoms with E-state index in [1.54, 1.807) is 24.3 Å². The molecular formula is C30H37ClN6O3. The number of fused-ring (bicyclic) bond motifs is 2. The largest absolute Gasteiger partial charge is 0.490 e. The quantitative estimate of drug-likeness (QED) is 0.522. The molecule has 2 bridgehead atoms. The number of rotatable bonds is 7. The SMILES string of the molecule is N#Cc1ccc(OC2CCC(NC(=O)c3ccc(N4CC5CC4CC5CN4CCC(O)CC4)nn3)CC2)cc1Cl. The van der Waals surface area contributed by atoms with E-state index < -0.39 is 0 Å². The Balaban J connectivity index is 0.950. The Hall–Kier alpha value is -2.93. The van der Waals surface area contributed by atoms with Gasteiger partial charge in [-0.1, -0.05) is 11.6 Å². The van der Waals surface area contributed by atoms with Gasteiger partial charge in [0.2, 0.25) is 0 Å². The molecule has 3 heterocycles. The Kier molecular flexibility index (Phi) is 8.10. The second-order valence-electron chi connectivity index (χ2n) is 11.9. The molecule has 4 fully saturated rings. The fraction of sp³-hybridized carbons (Fsp3) is 0.600. The zero-order chi connectivity index (χ0) is 27.6. The highest BCUT2D eigenvalue weighted by Gasteiger charge is 2.45. The molecular weight excluding hydrogens is 528 g/mol. The number of hydrogen-bond donors (Lipinski definition) is 2. The standard InChI is InChI=1S/C30H37ClN6O3/c31-27-15-26(4-1-19(27)16-32)40-25-5-2-22(3-6-25)33-30(39)28-7-8-29(35-34-28)37-18-21-14-23(37)13-20(21)17-36-11-9-24(38)10-12-36/h1,4,7-8,15,20-25,38H,2-3,5-6,9-14,17-18H2,(H,33,39). The van der Waals surface area contributed by atoms with E-state index in [1.807, 2.05) is 6.07 Å². The molecule has 3 atom stereocenters. The van der Waals surface area contributed by atoms with Crippen LogP contribution in [0.2, 0.25) is 5.02 Å². The predicted octanol–water partition coefficient (Wildman–Crippen LogP) is 3.79. The van der Waals surface area contributed by atoms with Crippen LogP contribution in [0.15, 0.2) is 30.3 Å². The zero-order valence-electron chi connectivity index (χ0n) is 22.7. The molecule has 2 aromatic rings. The molecule has 2 N–H and O–H groups in total. The Labute approximate surface area is 240 Å². The number of carbonyl (C=O) groups is 1. The molecule has 2 saturated heterocycles. The van der Waals surface area contributed by atoms with Crippen molar-refractivity contribution in [3.63, 3.8) is 0 Å². The maximum absolute atomic E-state index is 12.9. The van der Waals surface area contributed by atoms with Crippen LogP contribution in [0.3, 0.4) is 0 Å². The van der Waals surface area contributed by atoms with E-state index in [1.165, 1.54) is 12.8 Å². The maximum atomic E-state index is 12.9. The van der Waals surface area contributed by atoms with Gasteiger partial charge in [-0.2, -0.15) is 5.26 Å². The molecule has 9 nitrogen and oxygen atoms in total. The number of amides is 1. The topological polar surface area (TPSA) is 115 Å². The third-order valence-electron chi connectivity index (χ3n) is 9.29. The van der Waals surface area contributed by atoms with Crippen molar-refractivity contribution in [3.8, 4) is 11.8 Å². The van der Waals surface area contributed by atoms with Crippen molar-refractivity contribution in [1.82, 2.24) is 20.4 Å².